The number of hydrogen-bond donors (Lipinski definition) is 4. The molecule has 1 aromatic carbocycles. The number of carbonyl (C=O) groups excluding carboxylic acids is 1. The second-order valence-electron chi connectivity index (χ2n) is 6.33. The monoisotopic (exact) mass is 323 g/mol. The van der Waals surface area contributed by atoms with Crippen LogP contribution in [-0.4, -0.2) is 45.4 Å². The Kier molecular flexibility index (Phi) is 5.58. The number of carboxylic acid groups (broad SMARTS) is 1. The molecule has 0 radical (unpaired) electrons. The van der Waals surface area contributed by atoms with E-state index < -0.39 is 30.2 Å². The summed E-state index contributed by atoms with van der Waals surface area (Å²) in [4.78, 5) is 22.4. The van der Waals surface area contributed by atoms with Crippen LogP contribution in [0.2, 0.25) is 0 Å². The van der Waals surface area contributed by atoms with Crippen molar-refractivity contribution in [1.82, 2.24) is 0 Å². The highest BCUT2D eigenvalue weighted by molar-refractivity contribution is 6.60. The topological polar surface area (TPSA) is 116 Å². The first-order chi connectivity index (χ1) is 10.3. The van der Waals surface area contributed by atoms with Gasteiger partial charge in [0.05, 0.1) is 22.5 Å². The molecule has 0 bridgehead atoms. The summed E-state index contributed by atoms with van der Waals surface area (Å²) >= 11 is 0. The summed E-state index contributed by atoms with van der Waals surface area (Å²) in [5.74, 6) is -1.63. The van der Waals surface area contributed by atoms with Crippen molar-refractivity contribution in [3.63, 3.8) is 0 Å². The van der Waals surface area contributed by atoms with Crippen LogP contribution < -0.4 is 10.8 Å². The lowest BCUT2D eigenvalue weighted by molar-refractivity contribution is -0.114. The molecule has 23 heavy (non-hydrogen) atoms. The maximum atomic E-state index is 11.2. The standard InChI is InChI=1S/C15H22BNO6/c1-9(18)17-12-8-10(6-7-11(12)13(19)20)16(22)23-15(4,5)14(2,3)21/h6-8,21-22H,1-5H3,(H,17,18)(H,19,20). The van der Waals surface area contributed by atoms with Crippen molar-refractivity contribution in [3.05, 3.63) is 23.8 Å². The predicted molar refractivity (Wildman–Crippen MR) is 86.8 cm³/mol. The first-order valence-corrected chi connectivity index (χ1v) is 7.08. The molecule has 0 heterocycles. The molecule has 0 aliphatic heterocycles. The number of carbonyl (C=O) groups is 2. The molecule has 4 N–H and O–H groups in total. The maximum Gasteiger partial charge on any atom is 0.491 e. The van der Waals surface area contributed by atoms with Gasteiger partial charge in [0.15, 0.2) is 0 Å². The fourth-order valence-corrected chi connectivity index (χ4v) is 1.69. The van der Waals surface area contributed by atoms with Crippen LogP contribution in [0.5, 0.6) is 0 Å². The van der Waals surface area contributed by atoms with Gasteiger partial charge in [0.2, 0.25) is 5.91 Å². The third-order valence-corrected chi connectivity index (χ3v) is 3.75. The number of aromatic carboxylic acids is 1. The molecule has 8 heteroatoms. The Morgan fingerprint density at radius 2 is 1.78 bits per heavy atom. The number of aliphatic hydroxyl groups is 1. The zero-order chi connectivity index (χ0) is 18.0. The molecule has 7 nitrogen and oxygen atoms in total. The predicted octanol–water partition coefficient (Wildman–Crippen LogP) is 0.597. The zero-order valence-corrected chi connectivity index (χ0v) is 13.9. The van der Waals surface area contributed by atoms with Crippen LogP contribution >= 0.6 is 0 Å². The molecule has 0 saturated heterocycles. The summed E-state index contributed by atoms with van der Waals surface area (Å²) in [6.07, 6.45) is 0. The Morgan fingerprint density at radius 3 is 2.22 bits per heavy atom. The Bertz CT molecular complexity index is 608. The van der Waals surface area contributed by atoms with Gasteiger partial charge in [0.1, 0.15) is 0 Å². The first kappa shape index (κ1) is 19.2. The van der Waals surface area contributed by atoms with E-state index in [-0.39, 0.29) is 16.7 Å². The summed E-state index contributed by atoms with van der Waals surface area (Å²) in [7, 11) is -1.40. The molecule has 0 spiro atoms. The van der Waals surface area contributed by atoms with Gasteiger partial charge >= 0.3 is 13.1 Å². The van der Waals surface area contributed by atoms with Crippen LogP contribution in [0.15, 0.2) is 18.2 Å². The second kappa shape index (κ2) is 6.70. The highest BCUT2D eigenvalue weighted by atomic mass is 16.5. The van der Waals surface area contributed by atoms with Crippen molar-refractivity contribution < 1.29 is 29.5 Å². The number of benzene rings is 1. The Hall–Kier alpha value is -1.90. The molecule has 0 aliphatic rings. The normalized spacial score (nSPS) is 12.0. The molecule has 0 atom stereocenters. The van der Waals surface area contributed by atoms with Crippen molar-refractivity contribution in [2.75, 3.05) is 5.32 Å². The summed E-state index contributed by atoms with van der Waals surface area (Å²) < 4.78 is 5.49. The van der Waals surface area contributed by atoms with Crippen molar-refractivity contribution in [2.45, 2.75) is 45.8 Å². The van der Waals surface area contributed by atoms with E-state index in [2.05, 4.69) is 5.32 Å². The quantitative estimate of drug-likeness (QED) is 0.570. The highest BCUT2D eigenvalue weighted by Crippen LogP contribution is 2.25. The largest absolute Gasteiger partial charge is 0.491 e. The third-order valence-electron chi connectivity index (χ3n) is 3.75. The smallest absolute Gasteiger partial charge is 0.478 e. The molecule has 1 rings (SSSR count). The summed E-state index contributed by atoms with van der Waals surface area (Å²) in [6.45, 7) is 7.60. The molecule has 0 aliphatic carbocycles. The molecule has 126 valence electrons. The number of carboxylic acids is 1. The van der Waals surface area contributed by atoms with Gasteiger partial charge in [-0.25, -0.2) is 4.79 Å². The SMILES string of the molecule is CC(=O)Nc1cc(B(O)OC(C)(C)C(C)(C)O)ccc1C(=O)O. The van der Waals surface area contributed by atoms with Crippen LogP contribution in [0.25, 0.3) is 0 Å². The van der Waals surface area contributed by atoms with E-state index >= 15 is 0 Å². The zero-order valence-electron chi connectivity index (χ0n) is 13.9. The van der Waals surface area contributed by atoms with Crippen LogP contribution in [0, 0.1) is 0 Å². The Morgan fingerprint density at radius 1 is 1.22 bits per heavy atom. The molecule has 0 fully saturated rings. The summed E-state index contributed by atoms with van der Waals surface area (Å²) in [5, 5.41) is 31.8. The lowest BCUT2D eigenvalue weighted by atomic mass is 9.76. The van der Waals surface area contributed by atoms with Gasteiger partial charge in [-0.15, -0.1) is 0 Å². The summed E-state index contributed by atoms with van der Waals surface area (Å²) in [5.41, 5.74) is -2.05. The molecule has 0 unspecified atom stereocenters. The Balaban J connectivity index is 3.13. The molecular weight excluding hydrogens is 301 g/mol. The second-order valence-corrected chi connectivity index (χ2v) is 6.33. The van der Waals surface area contributed by atoms with Crippen LogP contribution in [-0.2, 0) is 9.45 Å². The first-order valence-electron chi connectivity index (χ1n) is 7.08. The minimum absolute atomic E-state index is 0.0613. The number of hydrogen-bond acceptors (Lipinski definition) is 5. The number of rotatable bonds is 6. The van der Waals surface area contributed by atoms with E-state index in [1.165, 1.54) is 25.1 Å². The van der Waals surface area contributed by atoms with Gasteiger partial charge in [-0.2, -0.15) is 0 Å². The van der Waals surface area contributed by atoms with Gasteiger partial charge in [-0.3, -0.25) is 4.79 Å². The van der Waals surface area contributed by atoms with E-state index in [9.17, 15) is 19.7 Å². The van der Waals surface area contributed by atoms with E-state index in [4.69, 9.17) is 9.76 Å². The number of amides is 1. The molecule has 0 saturated carbocycles. The van der Waals surface area contributed by atoms with Crippen LogP contribution in [0.1, 0.15) is 45.0 Å². The van der Waals surface area contributed by atoms with E-state index in [0.717, 1.165) is 0 Å². The minimum atomic E-state index is -1.40. The Labute approximate surface area is 135 Å². The van der Waals surface area contributed by atoms with Gasteiger partial charge in [-0.05, 0) is 45.3 Å². The van der Waals surface area contributed by atoms with Gasteiger partial charge in [-0.1, -0.05) is 6.07 Å². The lowest BCUT2D eigenvalue weighted by Crippen LogP contribution is -2.53. The summed E-state index contributed by atoms with van der Waals surface area (Å²) in [6, 6.07) is 3.99. The molecule has 0 aromatic heterocycles. The van der Waals surface area contributed by atoms with E-state index in [0.29, 0.717) is 0 Å². The lowest BCUT2D eigenvalue weighted by Gasteiger charge is -2.38. The van der Waals surface area contributed by atoms with Crippen molar-refractivity contribution in [1.29, 1.82) is 0 Å². The maximum absolute atomic E-state index is 11.2. The van der Waals surface area contributed by atoms with Crippen LogP contribution in [0.3, 0.4) is 0 Å². The van der Waals surface area contributed by atoms with Crippen molar-refractivity contribution in [2.24, 2.45) is 0 Å². The average Bonchev–Trinajstić information content (AvgIpc) is 2.35. The van der Waals surface area contributed by atoms with Crippen molar-refractivity contribution >= 4 is 30.1 Å². The fraction of sp³-hybridized carbons (Fsp3) is 0.467. The minimum Gasteiger partial charge on any atom is -0.478 e. The number of nitrogens with one attached hydrogen (secondary N) is 1. The molecule has 1 aromatic rings. The average molecular weight is 323 g/mol. The molecule has 1 amide bonds. The molecular formula is C15H22BNO6. The van der Waals surface area contributed by atoms with E-state index in [1.54, 1.807) is 27.7 Å². The van der Waals surface area contributed by atoms with Crippen molar-refractivity contribution in [3.8, 4) is 0 Å². The fourth-order valence-electron chi connectivity index (χ4n) is 1.69. The van der Waals surface area contributed by atoms with Gasteiger partial charge in [0.25, 0.3) is 0 Å². The third kappa shape index (κ3) is 4.79. The number of anilines is 1. The van der Waals surface area contributed by atoms with Gasteiger partial charge < -0.3 is 25.2 Å². The highest BCUT2D eigenvalue weighted by Gasteiger charge is 2.39. The van der Waals surface area contributed by atoms with E-state index in [1.807, 2.05) is 0 Å². The van der Waals surface area contributed by atoms with Crippen LogP contribution in [0.4, 0.5) is 5.69 Å². The van der Waals surface area contributed by atoms with Gasteiger partial charge in [0, 0.05) is 6.92 Å².